The van der Waals surface area contributed by atoms with Crippen LogP contribution in [0.1, 0.15) is 0 Å². The first kappa shape index (κ1) is 41.7. The van der Waals surface area contributed by atoms with E-state index in [0.717, 1.165) is 100 Å². The van der Waals surface area contributed by atoms with Crippen molar-refractivity contribution in [1.82, 2.24) is 19.1 Å². The maximum absolute atomic E-state index is 6.26. The highest BCUT2D eigenvalue weighted by molar-refractivity contribution is 6.26. The van der Waals surface area contributed by atoms with Gasteiger partial charge in [0.15, 0.2) is 11.2 Å². The lowest BCUT2D eigenvalue weighted by molar-refractivity contribution is 0.619. The van der Waals surface area contributed by atoms with Crippen LogP contribution in [-0.2, 0) is 0 Å². The Hall–Kier alpha value is -10.0. The van der Waals surface area contributed by atoms with Gasteiger partial charge in [0.2, 0.25) is 11.8 Å². The quantitative estimate of drug-likeness (QED) is 0.142. The Labute approximate surface area is 425 Å². The predicted octanol–water partition coefficient (Wildman–Crippen LogP) is 18.2. The Balaban J connectivity index is 1.01. The number of hydrogen-bond donors (Lipinski definition) is 0. The molecule has 6 nitrogen and oxygen atoms in total. The number of fused-ring (bicyclic) bond motifs is 9. The molecule has 15 aromatic rings. The van der Waals surface area contributed by atoms with Gasteiger partial charge in [-0.3, -0.25) is 0 Å². The molecule has 6 heteroatoms. The summed E-state index contributed by atoms with van der Waals surface area (Å²) in [5.41, 5.74) is 18.6. The summed E-state index contributed by atoms with van der Waals surface area (Å²) in [7, 11) is 0. The minimum atomic E-state index is 0.598. The molecular formula is C68H42N4O2. The monoisotopic (exact) mass is 946 g/mol. The minimum Gasteiger partial charge on any atom is -0.436 e. The summed E-state index contributed by atoms with van der Waals surface area (Å²) in [4.78, 5) is 9.69. The number of nitrogens with zero attached hydrogens (tertiary/aromatic N) is 4. The Kier molecular flexibility index (Phi) is 9.47. The molecule has 0 saturated carbocycles. The lowest BCUT2D eigenvalue weighted by Crippen LogP contribution is -1.99. The third kappa shape index (κ3) is 6.59. The summed E-state index contributed by atoms with van der Waals surface area (Å²) in [6.45, 7) is 0. The molecule has 0 radical (unpaired) electrons. The summed E-state index contributed by atoms with van der Waals surface area (Å²) in [6.07, 6.45) is 0. The van der Waals surface area contributed by atoms with Gasteiger partial charge in [-0.1, -0.05) is 182 Å². The average Bonchev–Trinajstić information content (AvgIpc) is 4.29. The topological polar surface area (TPSA) is 61.9 Å². The third-order valence-electron chi connectivity index (χ3n) is 14.6. The van der Waals surface area contributed by atoms with E-state index in [4.69, 9.17) is 18.8 Å². The fraction of sp³-hybridized carbons (Fsp3) is 0. The van der Waals surface area contributed by atoms with Gasteiger partial charge in [0.05, 0.1) is 22.4 Å². The van der Waals surface area contributed by atoms with Crippen molar-refractivity contribution >= 4 is 65.6 Å². The zero-order valence-corrected chi connectivity index (χ0v) is 39.9. The van der Waals surface area contributed by atoms with Crippen molar-refractivity contribution in [3.8, 4) is 79.1 Å². The zero-order chi connectivity index (χ0) is 48.7. The van der Waals surface area contributed by atoms with Gasteiger partial charge in [0, 0.05) is 55.2 Å². The molecule has 0 bridgehead atoms. The Bertz CT molecular complexity index is 4240. The molecule has 0 saturated heterocycles. The van der Waals surface area contributed by atoms with E-state index in [-0.39, 0.29) is 0 Å². The second kappa shape index (κ2) is 16.8. The molecule has 0 aliphatic carbocycles. The summed E-state index contributed by atoms with van der Waals surface area (Å²) in [6, 6.07) is 90.4. The summed E-state index contributed by atoms with van der Waals surface area (Å²) in [5, 5.41) is 6.99. The van der Waals surface area contributed by atoms with Crippen molar-refractivity contribution in [2.45, 2.75) is 0 Å². The smallest absolute Gasteiger partial charge is 0.227 e. The van der Waals surface area contributed by atoms with E-state index in [9.17, 15) is 0 Å². The van der Waals surface area contributed by atoms with Crippen LogP contribution in [-0.4, -0.2) is 19.1 Å². The Morgan fingerprint density at radius 1 is 0.257 bits per heavy atom. The fourth-order valence-electron chi connectivity index (χ4n) is 11.3. The largest absolute Gasteiger partial charge is 0.436 e. The Morgan fingerprint density at radius 2 is 0.581 bits per heavy atom. The molecule has 0 fully saturated rings. The van der Waals surface area contributed by atoms with Crippen molar-refractivity contribution in [1.29, 1.82) is 0 Å². The second-order valence-electron chi connectivity index (χ2n) is 18.8. The lowest BCUT2D eigenvalue weighted by Gasteiger charge is -2.16. The van der Waals surface area contributed by atoms with Gasteiger partial charge in [-0.15, -0.1) is 0 Å². The molecule has 4 heterocycles. The van der Waals surface area contributed by atoms with Gasteiger partial charge < -0.3 is 18.0 Å². The van der Waals surface area contributed by atoms with Crippen LogP contribution in [0.15, 0.2) is 264 Å². The Morgan fingerprint density at radius 3 is 0.959 bits per heavy atom. The third-order valence-corrected chi connectivity index (χ3v) is 14.6. The van der Waals surface area contributed by atoms with Crippen molar-refractivity contribution in [2.75, 3.05) is 0 Å². The van der Waals surface area contributed by atoms with E-state index in [0.29, 0.717) is 11.8 Å². The van der Waals surface area contributed by atoms with E-state index in [1.807, 2.05) is 48.5 Å². The molecule has 74 heavy (non-hydrogen) atoms. The highest BCUT2D eigenvalue weighted by atomic mass is 16.4. The van der Waals surface area contributed by atoms with E-state index in [1.54, 1.807) is 0 Å². The van der Waals surface area contributed by atoms with Crippen LogP contribution in [0.2, 0.25) is 0 Å². The maximum Gasteiger partial charge on any atom is 0.227 e. The molecule has 4 aromatic heterocycles. The molecule has 0 atom stereocenters. The van der Waals surface area contributed by atoms with Crippen LogP contribution in [0.4, 0.5) is 0 Å². The standard InChI is InChI=1S/C68H42N4O2/c1-5-17-43(18-6-1)61-55-41-37-51-52-38-42-56-62(44-19-7-2-8-20-44)64(46-23-11-4-12-24-46)72(50-35-31-48(32-36-50)68-70-58-26-14-16-28-60(58)74-68)66(56)54(52)40-39-53(51)65(55)71(63(61)45-21-9-3-10-22-45)49-33-29-47(30-34-49)67-69-57-25-13-15-27-59(57)73-67/h1-42H. The number of rotatable bonds is 8. The zero-order valence-electron chi connectivity index (χ0n) is 39.9. The fourth-order valence-corrected chi connectivity index (χ4v) is 11.3. The minimum absolute atomic E-state index is 0.598. The van der Waals surface area contributed by atoms with Crippen molar-refractivity contribution < 1.29 is 8.83 Å². The van der Waals surface area contributed by atoms with Gasteiger partial charge in [-0.2, -0.15) is 0 Å². The van der Waals surface area contributed by atoms with Gasteiger partial charge in [0.1, 0.15) is 11.0 Å². The summed E-state index contributed by atoms with van der Waals surface area (Å²) >= 11 is 0. The van der Waals surface area contributed by atoms with E-state index >= 15 is 0 Å². The molecule has 0 aliphatic rings. The number of aromatic nitrogens is 4. The first-order valence-corrected chi connectivity index (χ1v) is 25.0. The molecule has 0 spiro atoms. The molecule has 346 valence electrons. The summed E-state index contributed by atoms with van der Waals surface area (Å²) in [5.74, 6) is 1.20. The maximum atomic E-state index is 6.26. The SMILES string of the molecule is c1ccc(-c2c(-c3ccccc3)n(-c3ccc(-c4nc5ccccc5o4)cc3)c3c2ccc2c4ccc5c(-c6ccccc6)c(-c6ccccc6)n(-c6ccc(-c7nc8ccccc8o7)cc6)c5c4ccc23)cc1. The molecule has 0 aliphatic heterocycles. The molecular weight excluding hydrogens is 905 g/mol. The second-order valence-corrected chi connectivity index (χ2v) is 18.8. The first-order chi connectivity index (χ1) is 36.7. The molecule has 0 amide bonds. The van der Waals surface area contributed by atoms with Gasteiger partial charge in [-0.25, -0.2) is 9.97 Å². The number of oxazole rings is 2. The molecule has 11 aromatic carbocycles. The van der Waals surface area contributed by atoms with E-state index < -0.39 is 0 Å². The molecule has 0 unspecified atom stereocenters. The van der Waals surface area contributed by atoms with Crippen molar-refractivity contribution in [3.05, 3.63) is 255 Å². The van der Waals surface area contributed by atoms with E-state index in [2.05, 4.69) is 215 Å². The van der Waals surface area contributed by atoms with Crippen LogP contribution >= 0.6 is 0 Å². The van der Waals surface area contributed by atoms with Crippen LogP contribution in [0.3, 0.4) is 0 Å². The van der Waals surface area contributed by atoms with Gasteiger partial charge >= 0.3 is 0 Å². The molecule has 0 N–H and O–H groups in total. The number of para-hydroxylation sites is 4. The van der Waals surface area contributed by atoms with Crippen LogP contribution in [0, 0.1) is 0 Å². The lowest BCUT2D eigenvalue weighted by atomic mass is 9.94. The van der Waals surface area contributed by atoms with Gasteiger partial charge in [-0.05, 0) is 106 Å². The van der Waals surface area contributed by atoms with Crippen molar-refractivity contribution in [3.63, 3.8) is 0 Å². The van der Waals surface area contributed by atoms with Gasteiger partial charge in [0.25, 0.3) is 0 Å². The summed E-state index contributed by atoms with van der Waals surface area (Å²) < 4.78 is 17.5. The van der Waals surface area contributed by atoms with Crippen LogP contribution in [0.5, 0.6) is 0 Å². The van der Waals surface area contributed by atoms with Crippen molar-refractivity contribution in [2.24, 2.45) is 0 Å². The van der Waals surface area contributed by atoms with Crippen LogP contribution < -0.4 is 0 Å². The average molecular weight is 947 g/mol. The number of hydrogen-bond acceptors (Lipinski definition) is 4. The predicted molar refractivity (Wildman–Crippen MR) is 303 cm³/mol. The normalized spacial score (nSPS) is 11.8. The van der Waals surface area contributed by atoms with Crippen LogP contribution in [0.25, 0.3) is 145 Å². The van der Waals surface area contributed by atoms with E-state index in [1.165, 1.54) is 32.7 Å². The number of benzene rings is 11. The first-order valence-electron chi connectivity index (χ1n) is 25.0. The molecule has 15 rings (SSSR count). The highest BCUT2D eigenvalue weighted by Gasteiger charge is 2.27. The highest BCUT2D eigenvalue weighted by Crippen LogP contribution is 2.49.